The lowest BCUT2D eigenvalue weighted by Gasteiger charge is -2.10. The molecule has 4 nitrogen and oxygen atoms in total. The Kier molecular flexibility index (Phi) is 5.34. The van der Waals surface area contributed by atoms with E-state index in [4.69, 9.17) is 0 Å². The molecular formula is C20H16BrF3N2O2. The summed E-state index contributed by atoms with van der Waals surface area (Å²) in [6.07, 6.45) is -3.92. The summed E-state index contributed by atoms with van der Waals surface area (Å²) in [5.41, 5.74) is 2.44. The van der Waals surface area contributed by atoms with Gasteiger partial charge in [0.15, 0.2) is 0 Å². The van der Waals surface area contributed by atoms with Crippen molar-refractivity contribution in [3.05, 3.63) is 63.8 Å². The number of ketones is 1. The second-order valence-corrected chi connectivity index (χ2v) is 7.44. The number of carbonyl (C=O) groups is 2. The Balaban J connectivity index is 1.94. The van der Waals surface area contributed by atoms with Gasteiger partial charge in [0.25, 0.3) is 5.78 Å². The number of alkyl halides is 3. The topological polar surface area (TPSA) is 51.1 Å². The zero-order chi connectivity index (χ0) is 20.6. The molecule has 3 rings (SSSR count). The number of Topliss-reactive ketones (excluding diaryl/α,β-unsaturated/α-hetero) is 1. The Hall–Kier alpha value is -2.61. The lowest BCUT2D eigenvalue weighted by molar-refractivity contribution is -0.116. The molecule has 1 amide bonds. The van der Waals surface area contributed by atoms with Gasteiger partial charge in [-0.2, -0.15) is 13.2 Å². The number of carbonyl (C=O) groups excluding carboxylic acids is 2. The minimum absolute atomic E-state index is 0.135. The maximum Gasteiger partial charge on any atom is 0.454 e. The van der Waals surface area contributed by atoms with E-state index < -0.39 is 23.4 Å². The number of nitrogens with zero attached hydrogens (tertiary/aromatic N) is 1. The van der Waals surface area contributed by atoms with E-state index in [1.165, 1.54) is 10.6 Å². The zero-order valence-electron chi connectivity index (χ0n) is 15.0. The molecule has 1 N–H and O–H groups in total. The van der Waals surface area contributed by atoms with Gasteiger partial charge in [-0.05, 0) is 43.7 Å². The van der Waals surface area contributed by atoms with E-state index in [0.29, 0.717) is 15.7 Å². The van der Waals surface area contributed by atoms with Crippen LogP contribution >= 0.6 is 15.9 Å². The second kappa shape index (κ2) is 7.43. The minimum atomic E-state index is -5.00. The van der Waals surface area contributed by atoms with Crippen LogP contribution in [-0.2, 0) is 11.3 Å². The lowest BCUT2D eigenvalue weighted by atomic mass is 10.1. The average Bonchev–Trinajstić information content (AvgIpc) is 2.93. The molecule has 0 aliphatic carbocycles. The molecule has 0 atom stereocenters. The number of aryl methyl sites for hydroxylation is 2. The number of nitrogens with one attached hydrogen (secondary N) is 1. The van der Waals surface area contributed by atoms with Crippen LogP contribution < -0.4 is 5.32 Å². The average molecular weight is 453 g/mol. The van der Waals surface area contributed by atoms with Crippen molar-refractivity contribution in [2.24, 2.45) is 0 Å². The highest BCUT2D eigenvalue weighted by molar-refractivity contribution is 9.10. The summed E-state index contributed by atoms with van der Waals surface area (Å²) in [7, 11) is 0. The molecule has 0 unspecified atom stereocenters. The highest BCUT2D eigenvalue weighted by Crippen LogP contribution is 2.30. The summed E-state index contributed by atoms with van der Waals surface area (Å²) in [6, 6.07) is 10.2. The van der Waals surface area contributed by atoms with Crippen molar-refractivity contribution in [1.29, 1.82) is 0 Å². The maximum absolute atomic E-state index is 12.9. The highest BCUT2D eigenvalue weighted by atomic mass is 79.9. The van der Waals surface area contributed by atoms with Crippen molar-refractivity contribution in [2.75, 3.05) is 5.32 Å². The third-order valence-corrected chi connectivity index (χ3v) is 4.81. The number of hydrogen-bond acceptors (Lipinski definition) is 2. The fourth-order valence-corrected chi connectivity index (χ4v) is 3.39. The van der Waals surface area contributed by atoms with Crippen LogP contribution in [0.15, 0.2) is 47.1 Å². The van der Waals surface area contributed by atoms with E-state index in [9.17, 15) is 22.8 Å². The van der Waals surface area contributed by atoms with Gasteiger partial charge < -0.3 is 9.88 Å². The Morgan fingerprint density at radius 3 is 2.46 bits per heavy atom. The quantitative estimate of drug-likeness (QED) is 0.538. The lowest BCUT2D eigenvalue weighted by Crippen LogP contribution is -2.22. The monoisotopic (exact) mass is 452 g/mol. The molecule has 0 aliphatic rings. The van der Waals surface area contributed by atoms with E-state index in [-0.39, 0.29) is 11.9 Å². The first-order valence-corrected chi connectivity index (χ1v) is 9.12. The summed E-state index contributed by atoms with van der Waals surface area (Å²) in [6.45, 7) is 3.56. The largest absolute Gasteiger partial charge is 0.454 e. The number of fused-ring (bicyclic) bond motifs is 1. The first-order chi connectivity index (χ1) is 13.1. The Bertz CT molecular complexity index is 1090. The molecule has 146 valence electrons. The van der Waals surface area contributed by atoms with Crippen molar-refractivity contribution < 1.29 is 22.8 Å². The second-order valence-electron chi connectivity index (χ2n) is 6.53. The van der Waals surface area contributed by atoms with Crippen LogP contribution in [0.2, 0.25) is 0 Å². The van der Waals surface area contributed by atoms with Crippen molar-refractivity contribution in [2.45, 2.75) is 26.6 Å². The number of aromatic nitrogens is 1. The zero-order valence-corrected chi connectivity index (χ0v) is 16.6. The molecule has 2 aromatic carbocycles. The van der Waals surface area contributed by atoms with Crippen LogP contribution in [0, 0.1) is 13.8 Å². The summed E-state index contributed by atoms with van der Waals surface area (Å²) >= 11 is 3.20. The molecule has 0 saturated heterocycles. The van der Waals surface area contributed by atoms with Crippen LogP contribution in [0.25, 0.3) is 10.9 Å². The molecule has 0 radical (unpaired) electrons. The summed E-state index contributed by atoms with van der Waals surface area (Å²) < 4.78 is 40.7. The van der Waals surface area contributed by atoms with Crippen LogP contribution in [0.5, 0.6) is 0 Å². The smallest absolute Gasteiger partial charge is 0.337 e. The number of amides is 1. The van der Waals surface area contributed by atoms with Crippen LogP contribution in [0.4, 0.5) is 18.9 Å². The third-order valence-electron chi connectivity index (χ3n) is 4.32. The fourth-order valence-electron chi connectivity index (χ4n) is 3.03. The SMILES string of the molecule is Cc1ccc(NC(=O)Cn2cc(C(=O)C(F)(F)F)c3cc(Br)ccc32)c(C)c1. The standard InChI is InChI=1S/C20H16BrF3N2O2/c1-11-3-5-16(12(2)7-11)25-18(27)10-26-9-15(19(28)20(22,23)24)14-8-13(21)4-6-17(14)26/h3-9H,10H2,1-2H3,(H,25,27). The fraction of sp³-hybridized carbons (Fsp3) is 0.200. The number of hydrogen-bond donors (Lipinski definition) is 1. The highest BCUT2D eigenvalue weighted by Gasteiger charge is 2.41. The first kappa shape index (κ1) is 20.1. The molecule has 0 saturated carbocycles. The normalized spacial score (nSPS) is 11.6. The first-order valence-electron chi connectivity index (χ1n) is 8.33. The van der Waals surface area contributed by atoms with Crippen molar-refractivity contribution in [3.8, 4) is 0 Å². The summed E-state index contributed by atoms with van der Waals surface area (Å²) in [5, 5.41) is 2.89. The third kappa shape index (κ3) is 4.11. The number of rotatable bonds is 4. The van der Waals surface area contributed by atoms with Crippen LogP contribution in [0.1, 0.15) is 21.5 Å². The van der Waals surface area contributed by atoms with Crippen molar-refractivity contribution in [3.63, 3.8) is 0 Å². The molecule has 0 spiro atoms. The van der Waals surface area contributed by atoms with E-state index in [1.54, 1.807) is 18.2 Å². The molecule has 0 aliphatic heterocycles. The predicted octanol–water partition coefficient (Wildman–Crippen LogP) is 5.40. The summed E-state index contributed by atoms with van der Waals surface area (Å²) in [5.74, 6) is -2.35. The molecule has 8 heteroatoms. The van der Waals surface area contributed by atoms with Gasteiger partial charge in [0.1, 0.15) is 6.54 Å². The number of halogens is 4. The van der Waals surface area contributed by atoms with Gasteiger partial charge in [-0.25, -0.2) is 0 Å². The molecule has 0 fully saturated rings. The molecule has 1 aromatic heterocycles. The van der Waals surface area contributed by atoms with Gasteiger partial charge in [0.2, 0.25) is 5.91 Å². The number of benzene rings is 2. The van der Waals surface area contributed by atoms with Crippen LogP contribution in [0.3, 0.4) is 0 Å². The van der Waals surface area contributed by atoms with Gasteiger partial charge in [0, 0.05) is 27.3 Å². The Labute approximate surface area is 167 Å². The number of anilines is 1. The summed E-state index contributed by atoms with van der Waals surface area (Å²) in [4.78, 5) is 24.3. The minimum Gasteiger partial charge on any atom is -0.337 e. The van der Waals surface area contributed by atoms with Crippen molar-refractivity contribution >= 4 is 44.2 Å². The van der Waals surface area contributed by atoms with Crippen LogP contribution in [-0.4, -0.2) is 22.4 Å². The van der Waals surface area contributed by atoms with Gasteiger partial charge in [-0.3, -0.25) is 9.59 Å². The van der Waals surface area contributed by atoms with Crippen molar-refractivity contribution in [1.82, 2.24) is 4.57 Å². The Morgan fingerprint density at radius 1 is 1.11 bits per heavy atom. The molecule has 1 heterocycles. The Morgan fingerprint density at radius 2 is 1.82 bits per heavy atom. The van der Waals surface area contributed by atoms with E-state index >= 15 is 0 Å². The maximum atomic E-state index is 12.9. The predicted molar refractivity (Wildman–Crippen MR) is 105 cm³/mol. The van der Waals surface area contributed by atoms with E-state index in [0.717, 1.165) is 17.3 Å². The van der Waals surface area contributed by atoms with Gasteiger partial charge >= 0.3 is 6.18 Å². The van der Waals surface area contributed by atoms with Gasteiger partial charge in [-0.15, -0.1) is 0 Å². The van der Waals surface area contributed by atoms with Gasteiger partial charge in [0.05, 0.1) is 5.56 Å². The van der Waals surface area contributed by atoms with E-state index in [2.05, 4.69) is 21.2 Å². The van der Waals surface area contributed by atoms with Gasteiger partial charge in [-0.1, -0.05) is 33.6 Å². The molecule has 28 heavy (non-hydrogen) atoms. The molecule has 3 aromatic rings. The molecule has 0 bridgehead atoms. The van der Waals surface area contributed by atoms with E-state index in [1.807, 2.05) is 26.0 Å². The molecular weight excluding hydrogens is 437 g/mol.